The van der Waals surface area contributed by atoms with Gasteiger partial charge in [0.15, 0.2) is 8.32 Å². The number of carbonyl (C=O) groups excluding carboxylic acids is 1. The van der Waals surface area contributed by atoms with Crippen LogP contribution in [0.3, 0.4) is 0 Å². The molecule has 0 aliphatic heterocycles. The monoisotopic (exact) mass is 299 g/mol. The number of hydrogen-bond acceptors (Lipinski definition) is 3. The molecule has 0 aromatic heterocycles. The van der Waals surface area contributed by atoms with Crippen molar-refractivity contribution in [2.45, 2.75) is 71.3 Å². The van der Waals surface area contributed by atoms with E-state index >= 15 is 0 Å². The van der Waals surface area contributed by atoms with E-state index in [9.17, 15) is 4.79 Å². The lowest BCUT2D eigenvalue weighted by atomic mass is 10.2. The molecule has 5 heteroatoms. The van der Waals surface area contributed by atoms with Gasteiger partial charge in [-0.05, 0) is 38.9 Å². The molecule has 20 heavy (non-hydrogen) atoms. The van der Waals surface area contributed by atoms with Crippen molar-refractivity contribution >= 4 is 14.4 Å². The Balaban J connectivity index is 4.46. The van der Waals surface area contributed by atoms with Crippen molar-refractivity contribution in [1.29, 1.82) is 0 Å². The molecule has 1 amide bonds. The molecule has 0 fully saturated rings. The van der Waals surface area contributed by atoms with Crippen LogP contribution in [0, 0.1) is 12.3 Å². The Morgan fingerprint density at radius 3 is 2.10 bits per heavy atom. The lowest BCUT2D eigenvalue weighted by Gasteiger charge is -2.36. The van der Waals surface area contributed by atoms with E-state index in [1.165, 1.54) is 0 Å². The van der Waals surface area contributed by atoms with Gasteiger partial charge in [0.05, 0.1) is 6.61 Å². The van der Waals surface area contributed by atoms with Crippen molar-refractivity contribution in [3.63, 3.8) is 0 Å². The third-order valence-corrected chi connectivity index (χ3v) is 7.81. The van der Waals surface area contributed by atoms with Gasteiger partial charge in [0.2, 0.25) is 0 Å². The molecular weight excluding hydrogens is 270 g/mol. The van der Waals surface area contributed by atoms with Gasteiger partial charge in [-0.15, -0.1) is 6.42 Å². The van der Waals surface area contributed by atoms with Crippen LogP contribution >= 0.6 is 0 Å². The molecule has 0 aliphatic rings. The SMILES string of the molecule is C#C[C@H](CO[Si](C)(C)C(C)(C)C)NC(=O)OC(C)(C)C. The molecule has 0 rings (SSSR count). The number of rotatable bonds is 4. The van der Waals surface area contributed by atoms with Crippen LogP contribution in [-0.4, -0.2) is 32.7 Å². The summed E-state index contributed by atoms with van der Waals surface area (Å²) in [5.74, 6) is 2.53. The van der Waals surface area contributed by atoms with E-state index in [1.54, 1.807) is 0 Å². The smallest absolute Gasteiger partial charge is 0.408 e. The van der Waals surface area contributed by atoms with E-state index in [0.717, 1.165) is 0 Å². The summed E-state index contributed by atoms with van der Waals surface area (Å²) in [5, 5.41) is 2.76. The van der Waals surface area contributed by atoms with Gasteiger partial charge in [-0.3, -0.25) is 0 Å². The summed E-state index contributed by atoms with van der Waals surface area (Å²) in [6.07, 6.45) is 4.92. The number of nitrogens with one attached hydrogen (secondary N) is 1. The zero-order valence-corrected chi connectivity index (χ0v) is 15.1. The zero-order chi connectivity index (χ0) is 16.2. The lowest BCUT2D eigenvalue weighted by molar-refractivity contribution is 0.0502. The summed E-state index contributed by atoms with van der Waals surface area (Å²) in [6, 6.07) is -0.473. The lowest BCUT2D eigenvalue weighted by Crippen LogP contribution is -2.46. The van der Waals surface area contributed by atoms with E-state index in [-0.39, 0.29) is 5.04 Å². The molecule has 0 unspecified atom stereocenters. The summed E-state index contributed by atoms with van der Waals surface area (Å²) in [7, 11) is -1.87. The molecule has 0 aliphatic carbocycles. The third kappa shape index (κ3) is 6.97. The van der Waals surface area contributed by atoms with E-state index in [4.69, 9.17) is 15.6 Å². The number of amides is 1. The van der Waals surface area contributed by atoms with Crippen molar-refractivity contribution in [3.05, 3.63) is 0 Å². The van der Waals surface area contributed by atoms with Gasteiger partial charge < -0.3 is 14.5 Å². The summed E-state index contributed by atoms with van der Waals surface area (Å²) in [6.45, 7) is 16.5. The highest BCUT2D eigenvalue weighted by Crippen LogP contribution is 2.36. The molecule has 0 aromatic rings. The number of terminal acetylenes is 1. The number of hydrogen-bond donors (Lipinski definition) is 1. The van der Waals surface area contributed by atoms with Crippen LogP contribution in [0.1, 0.15) is 41.5 Å². The van der Waals surface area contributed by atoms with Gasteiger partial charge >= 0.3 is 6.09 Å². The molecule has 0 saturated heterocycles. The second-order valence-corrected chi connectivity index (χ2v) is 12.2. The normalized spacial score (nSPS) is 14.3. The molecule has 0 aromatic carbocycles. The van der Waals surface area contributed by atoms with Crippen LogP contribution in [-0.2, 0) is 9.16 Å². The minimum atomic E-state index is -1.87. The molecule has 0 bridgehead atoms. The van der Waals surface area contributed by atoms with Crippen molar-refractivity contribution in [3.8, 4) is 12.3 Å². The zero-order valence-electron chi connectivity index (χ0n) is 14.1. The minimum absolute atomic E-state index is 0.109. The van der Waals surface area contributed by atoms with E-state index in [0.29, 0.717) is 6.61 Å². The molecule has 0 saturated carbocycles. The third-order valence-electron chi connectivity index (χ3n) is 3.31. The first-order valence-electron chi connectivity index (χ1n) is 6.88. The Bertz CT molecular complexity index is 372. The fraction of sp³-hybridized carbons (Fsp3) is 0.800. The maximum Gasteiger partial charge on any atom is 0.408 e. The topological polar surface area (TPSA) is 47.6 Å². The molecule has 4 nitrogen and oxygen atoms in total. The molecule has 0 spiro atoms. The fourth-order valence-corrected chi connectivity index (χ4v) is 2.11. The maximum absolute atomic E-state index is 11.7. The van der Waals surface area contributed by atoms with Crippen molar-refractivity contribution in [2.75, 3.05) is 6.61 Å². The van der Waals surface area contributed by atoms with E-state index < -0.39 is 26.1 Å². The number of alkyl carbamates (subject to hydrolysis) is 1. The Morgan fingerprint density at radius 1 is 1.25 bits per heavy atom. The molecule has 1 atom stereocenters. The Labute approximate surface area is 124 Å². The molecule has 0 heterocycles. The molecule has 116 valence electrons. The predicted octanol–water partition coefficient (Wildman–Crippen LogP) is 3.53. The quantitative estimate of drug-likeness (QED) is 0.638. The summed E-state index contributed by atoms with van der Waals surface area (Å²) < 4.78 is 11.2. The molecular formula is C15H29NO3Si. The first kappa shape index (κ1) is 19.0. The summed E-state index contributed by atoms with van der Waals surface area (Å²) in [4.78, 5) is 11.7. The average molecular weight is 299 g/mol. The Hall–Kier alpha value is -0.993. The highest BCUT2D eigenvalue weighted by Gasteiger charge is 2.37. The first-order chi connectivity index (χ1) is 8.78. The van der Waals surface area contributed by atoms with Gasteiger partial charge in [-0.2, -0.15) is 0 Å². The standard InChI is InChI=1S/C15H29NO3Si/c1-10-12(16-13(17)19-14(2,3)4)11-18-20(8,9)15(5,6)7/h1,12H,11H2,2-9H3,(H,16,17)/t12-/m1/s1. The second-order valence-electron chi connectivity index (χ2n) is 7.44. The first-order valence-corrected chi connectivity index (χ1v) is 9.79. The van der Waals surface area contributed by atoms with Crippen LogP contribution < -0.4 is 5.32 Å². The fourth-order valence-electron chi connectivity index (χ4n) is 1.09. The number of ether oxygens (including phenoxy) is 1. The summed E-state index contributed by atoms with van der Waals surface area (Å²) >= 11 is 0. The van der Waals surface area contributed by atoms with Crippen molar-refractivity contribution in [2.24, 2.45) is 0 Å². The van der Waals surface area contributed by atoms with Gasteiger partial charge in [-0.1, -0.05) is 26.7 Å². The Kier molecular flexibility index (Phi) is 6.31. The van der Waals surface area contributed by atoms with E-state index in [1.807, 2.05) is 20.8 Å². The predicted molar refractivity (Wildman–Crippen MR) is 85.1 cm³/mol. The number of carbonyl (C=O) groups is 1. The van der Waals surface area contributed by atoms with Gasteiger partial charge in [0.25, 0.3) is 0 Å². The minimum Gasteiger partial charge on any atom is -0.444 e. The van der Waals surface area contributed by atoms with Crippen molar-refractivity contribution < 1.29 is 14.0 Å². The summed E-state index contributed by atoms with van der Waals surface area (Å²) in [5.41, 5.74) is -0.538. The van der Waals surface area contributed by atoms with Crippen LogP contribution in [0.5, 0.6) is 0 Å². The molecule has 0 radical (unpaired) electrons. The van der Waals surface area contributed by atoms with Crippen LogP contribution in [0.2, 0.25) is 18.1 Å². The van der Waals surface area contributed by atoms with Crippen LogP contribution in [0.4, 0.5) is 4.79 Å². The van der Waals surface area contributed by atoms with Crippen LogP contribution in [0.15, 0.2) is 0 Å². The maximum atomic E-state index is 11.7. The van der Waals surface area contributed by atoms with Gasteiger partial charge in [-0.25, -0.2) is 4.79 Å². The highest BCUT2D eigenvalue weighted by atomic mass is 28.4. The highest BCUT2D eigenvalue weighted by molar-refractivity contribution is 6.74. The second kappa shape index (κ2) is 6.64. The molecule has 1 N–H and O–H groups in total. The largest absolute Gasteiger partial charge is 0.444 e. The van der Waals surface area contributed by atoms with Gasteiger partial charge in [0, 0.05) is 0 Å². The van der Waals surface area contributed by atoms with E-state index in [2.05, 4.69) is 45.1 Å². The van der Waals surface area contributed by atoms with Crippen LogP contribution in [0.25, 0.3) is 0 Å². The average Bonchev–Trinajstić information content (AvgIpc) is 2.19. The van der Waals surface area contributed by atoms with Gasteiger partial charge in [0.1, 0.15) is 11.6 Å². The Morgan fingerprint density at radius 2 is 1.75 bits per heavy atom. The van der Waals surface area contributed by atoms with Crippen molar-refractivity contribution in [1.82, 2.24) is 5.32 Å².